The second kappa shape index (κ2) is 21.3. The van der Waals surface area contributed by atoms with E-state index in [1.807, 2.05) is 72.8 Å². The van der Waals surface area contributed by atoms with E-state index in [4.69, 9.17) is 29.0 Å². The molecule has 8 nitrogen and oxygen atoms in total. The molecule has 0 aliphatic heterocycles. The van der Waals surface area contributed by atoms with E-state index in [2.05, 4.69) is 15.9 Å². The largest absolute Gasteiger partial charge is 0.497 e. The lowest BCUT2D eigenvalue weighted by molar-refractivity contribution is 0.0517. The molecule has 0 fully saturated rings. The van der Waals surface area contributed by atoms with Crippen LogP contribution in [0.15, 0.2) is 138 Å². The fraction of sp³-hybridized carbons (Fsp3) is 0.136. The summed E-state index contributed by atoms with van der Waals surface area (Å²) >= 11 is 3.51. The highest BCUT2D eigenvalue weighted by Gasteiger charge is 2.18. The molecular formula is C44H40BBrF2O8. The van der Waals surface area contributed by atoms with Crippen LogP contribution in [0.3, 0.4) is 0 Å². The quantitative estimate of drug-likeness (QED) is 0.104. The van der Waals surface area contributed by atoms with E-state index in [1.54, 1.807) is 51.3 Å². The highest BCUT2D eigenvalue weighted by Crippen LogP contribution is 2.38. The number of halogens is 3. The van der Waals surface area contributed by atoms with Crippen LogP contribution in [-0.4, -0.2) is 56.5 Å². The van der Waals surface area contributed by atoms with Crippen molar-refractivity contribution in [2.75, 3.05) is 27.4 Å². The number of carbonyl (C=O) groups is 2. The van der Waals surface area contributed by atoms with Crippen molar-refractivity contribution in [3.63, 3.8) is 0 Å². The maximum absolute atomic E-state index is 13.8. The van der Waals surface area contributed by atoms with Gasteiger partial charge in [-0.05, 0) is 108 Å². The van der Waals surface area contributed by atoms with E-state index < -0.39 is 12.9 Å². The molecular weight excluding hydrogens is 785 g/mol. The van der Waals surface area contributed by atoms with Crippen LogP contribution in [0.25, 0.3) is 33.4 Å². The molecule has 0 saturated heterocycles. The summed E-state index contributed by atoms with van der Waals surface area (Å²) < 4.78 is 47.7. The van der Waals surface area contributed by atoms with E-state index in [0.717, 1.165) is 38.4 Å². The average Bonchev–Trinajstić information content (AvgIpc) is 3.21. The van der Waals surface area contributed by atoms with Gasteiger partial charge >= 0.3 is 19.1 Å². The molecule has 0 spiro atoms. The Kier molecular flexibility index (Phi) is 16.3. The highest BCUT2D eigenvalue weighted by atomic mass is 79.9. The van der Waals surface area contributed by atoms with Gasteiger partial charge in [0.1, 0.15) is 23.1 Å². The van der Waals surface area contributed by atoms with Crippen molar-refractivity contribution in [2.24, 2.45) is 0 Å². The second-order valence-electron chi connectivity index (χ2n) is 11.7. The molecule has 0 aliphatic carbocycles. The molecule has 0 atom stereocenters. The zero-order valence-corrected chi connectivity index (χ0v) is 32.8. The van der Waals surface area contributed by atoms with Gasteiger partial charge in [-0.25, -0.2) is 18.4 Å². The molecule has 6 rings (SSSR count). The number of ether oxygens (including phenoxy) is 4. The molecule has 12 heteroatoms. The summed E-state index contributed by atoms with van der Waals surface area (Å²) in [7, 11) is 1.22. The van der Waals surface area contributed by atoms with Crippen LogP contribution < -0.4 is 14.9 Å². The third kappa shape index (κ3) is 11.6. The van der Waals surface area contributed by atoms with Crippen molar-refractivity contribution in [3.05, 3.63) is 161 Å². The first-order valence-corrected chi connectivity index (χ1v) is 18.2. The van der Waals surface area contributed by atoms with Crippen molar-refractivity contribution in [3.8, 4) is 44.9 Å². The molecule has 0 radical (unpaired) electrons. The third-order valence-corrected chi connectivity index (χ3v) is 8.78. The van der Waals surface area contributed by atoms with Gasteiger partial charge in [-0.1, -0.05) is 82.7 Å². The lowest BCUT2D eigenvalue weighted by Gasteiger charge is -2.14. The molecule has 0 amide bonds. The zero-order chi connectivity index (χ0) is 40.6. The van der Waals surface area contributed by atoms with E-state index in [9.17, 15) is 18.4 Å². The van der Waals surface area contributed by atoms with Crippen molar-refractivity contribution < 1.29 is 47.4 Å². The number of esters is 2. The van der Waals surface area contributed by atoms with E-state index >= 15 is 0 Å². The molecule has 0 aromatic heterocycles. The van der Waals surface area contributed by atoms with Gasteiger partial charge < -0.3 is 29.0 Å². The van der Waals surface area contributed by atoms with Crippen LogP contribution in [0.4, 0.5) is 8.78 Å². The Morgan fingerprint density at radius 3 is 1.57 bits per heavy atom. The van der Waals surface area contributed by atoms with Gasteiger partial charge in [0.15, 0.2) is 0 Å². The van der Waals surface area contributed by atoms with Gasteiger partial charge in [-0.3, -0.25) is 0 Å². The number of hydrogen-bond acceptors (Lipinski definition) is 8. The van der Waals surface area contributed by atoms with Gasteiger partial charge in [0.25, 0.3) is 0 Å². The molecule has 0 unspecified atom stereocenters. The molecule has 6 aromatic carbocycles. The molecule has 0 bridgehead atoms. The van der Waals surface area contributed by atoms with E-state index in [-0.39, 0.29) is 29.0 Å². The third-order valence-electron chi connectivity index (χ3n) is 8.09. The van der Waals surface area contributed by atoms with Crippen LogP contribution in [-0.2, 0) is 9.47 Å². The van der Waals surface area contributed by atoms with E-state index in [0.29, 0.717) is 35.7 Å². The first kappa shape index (κ1) is 42.9. The van der Waals surface area contributed by atoms with Crippen molar-refractivity contribution in [1.82, 2.24) is 0 Å². The fourth-order valence-corrected chi connectivity index (χ4v) is 6.03. The number of rotatable bonds is 10. The highest BCUT2D eigenvalue weighted by molar-refractivity contribution is 9.10. The summed E-state index contributed by atoms with van der Waals surface area (Å²) in [5.41, 5.74) is 6.33. The minimum atomic E-state index is -1.71. The number of methoxy groups -OCH3 is 2. The van der Waals surface area contributed by atoms with Crippen LogP contribution in [0.2, 0.25) is 0 Å². The zero-order valence-electron chi connectivity index (χ0n) is 31.2. The van der Waals surface area contributed by atoms with Crippen LogP contribution in [0.1, 0.15) is 34.6 Å². The summed E-state index contributed by atoms with van der Waals surface area (Å²) in [6, 6.07) is 38.2. The molecule has 6 aromatic rings. The first-order chi connectivity index (χ1) is 27.0. The summed E-state index contributed by atoms with van der Waals surface area (Å²) in [6.07, 6.45) is 0. The lowest BCUT2D eigenvalue weighted by Crippen LogP contribution is -2.31. The average molecular weight is 826 g/mol. The Bertz CT molecular complexity index is 2250. The maximum atomic E-state index is 13.8. The summed E-state index contributed by atoms with van der Waals surface area (Å²) in [4.78, 5) is 23.7. The monoisotopic (exact) mass is 824 g/mol. The Balaban J connectivity index is 0.000000201. The van der Waals surface area contributed by atoms with Crippen LogP contribution in [0.5, 0.6) is 11.5 Å². The van der Waals surface area contributed by atoms with Gasteiger partial charge in [0.2, 0.25) is 0 Å². The van der Waals surface area contributed by atoms with Crippen molar-refractivity contribution in [1.29, 1.82) is 0 Å². The van der Waals surface area contributed by atoms with Crippen molar-refractivity contribution >= 4 is 40.4 Å². The molecule has 2 N–H and O–H groups in total. The van der Waals surface area contributed by atoms with Gasteiger partial charge in [-0.15, -0.1) is 0 Å². The van der Waals surface area contributed by atoms with Gasteiger partial charge in [0, 0.05) is 15.5 Å². The van der Waals surface area contributed by atoms with Gasteiger partial charge in [-0.2, -0.15) is 0 Å². The second-order valence-corrected chi connectivity index (χ2v) is 12.6. The number of benzene rings is 6. The fourth-order valence-electron chi connectivity index (χ4n) is 5.52. The summed E-state index contributed by atoms with van der Waals surface area (Å²) in [6.45, 7) is 4.28. The molecule has 288 valence electrons. The lowest BCUT2D eigenvalue weighted by atomic mass is 9.79. The first-order valence-electron chi connectivity index (χ1n) is 17.4. The Labute approximate surface area is 333 Å². The minimum Gasteiger partial charge on any atom is -0.497 e. The normalized spacial score (nSPS) is 10.2. The molecule has 0 heterocycles. The molecule has 0 aliphatic rings. The topological polar surface area (TPSA) is 112 Å². The number of carbonyl (C=O) groups excluding carboxylic acids is 2. The summed E-state index contributed by atoms with van der Waals surface area (Å²) in [5.74, 6) is -0.678. The Hall–Kier alpha value is -5.82. The number of hydrogen-bond donors (Lipinski definition) is 2. The smallest absolute Gasteiger partial charge is 0.492 e. The van der Waals surface area contributed by atoms with Crippen LogP contribution >= 0.6 is 15.9 Å². The Morgan fingerprint density at radius 1 is 0.571 bits per heavy atom. The van der Waals surface area contributed by atoms with Gasteiger partial charge in [0.05, 0.1) is 38.6 Å². The SMILES string of the molecule is CCOC(=O)c1cccc(-c2ccccc2-c2cc(F)ccc2OC)c1.CCOC(=O)c1cccc(-c2ccccc2Br)c1.COc1ccc(F)cc1B(O)O. The Morgan fingerprint density at radius 2 is 1.05 bits per heavy atom. The standard InChI is InChI=1S/C22H19FO3.C15H13BrO2.C7H8BFO3/c1-3-26-22(24)16-8-6-7-15(13-16)18-9-4-5-10-19(18)20-14-17(23)11-12-21(20)25-2;1-2-18-15(17)12-7-5-6-11(10-12)13-8-3-4-9-14(13)16;1-12-7-3-2-5(9)4-6(7)8(10)11/h4-14H,3H2,1-2H3;3-10H,2H2,1H3;2-4,10-11H,1H3. The predicted octanol–water partition coefficient (Wildman–Crippen LogP) is 9.15. The van der Waals surface area contributed by atoms with E-state index in [1.165, 1.54) is 31.4 Å². The maximum Gasteiger partial charge on any atom is 0.492 e. The van der Waals surface area contributed by atoms with Crippen LogP contribution in [0, 0.1) is 11.6 Å². The minimum absolute atomic E-state index is 0.0255. The molecule has 56 heavy (non-hydrogen) atoms. The summed E-state index contributed by atoms with van der Waals surface area (Å²) in [5, 5.41) is 17.5. The molecule has 0 saturated carbocycles. The van der Waals surface area contributed by atoms with Crippen molar-refractivity contribution in [2.45, 2.75) is 13.8 Å². The predicted molar refractivity (Wildman–Crippen MR) is 218 cm³/mol.